The predicted octanol–water partition coefficient (Wildman–Crippen LogP) is 0.960. The quantitative estimate of drug-likeness (QED) is 0.452. The van der Waals surface area contributed by atoms with Crippen LogP contribution in [0.2, 0.25) is 0 Å². The van der Waals surface area contributed by atoms with Gasteiger partial charge >= 0.3 is 18.1 Å². The lowest BCUT2D eigenvalue weighted by atomic mass is 10.5. The van der Waals surface area contributed by atoms with Crippen molar-refractivity contribution < 1.29 is 32.5 Å². The zero-order valence-electron chi connectivity index (χ0n) is 5.97. The normalized spacial score (nSPS) is 10.7. The zero-order chi connectivity index (χ0) is 9.78. The fraction of sp³-hybridized carbons (Fsp3) is 0.600. The summed E-state index contributed by atoms with van der Waals surface area (Å²) in [4.78, 5) is 26.7. The Bertz CT molecular complexity index is 186. The number of carbonyl (C=O) groups is 2. The molecule has 0 aliphatic heterocycles. The first-order chi connectivity index (χ1) is 5.38. The molecule has 4 nitrogen and oxygen atoms in total. The Kier molecular flexibility index (Phi) is 3.52. The molecule has 0 aliphatic carbocycles. The van der Waals surface area contributed by atoms with E-state index in [-0.39, 0.29) is 6.42 Å². The van der Waals surface area contributed by atoms with Gasteiger partial charge in [-0.2, -0.15) is 13.2 Å². The third kappa shape index (κ3) is 3.79. The summed E-state index contributed by atoms with van der Waals surface area (Å²) in [6.07, 6.45) is -5.32. The highest BCUT2D eigenvalue weighted by molar-refractivity contribution is 5.76. The van der Waals surface area contributed by atoms with Crippen molar-refractivity contribution in [2.75, 3.05) is 0 Å². The molecule has 0 bridgehead atoms. The summed E-state index contributed by atoms with van der Waals surface area (Å²) < 4.78 is 34.0. The van der Waals surface area contributed by atoms with Crippen LogP contribution in [0, 0.1) is 0 Å². The molecule has 70 valence electrons. The molecule has 0 aliphatic rings. The number of hydrogen-bond donors (Lipinski definition) is 0. The Labute approximate surface area is 65.2 Å². The van der Waals surface area contributed by atoms with Crippen molar-refractivity contribution in [1.29, 1.82) is 0 Å². The van der Waals surface area contributed by atoms with Gasteiger partial charge in [0.25, 0.3) is 0 Å². The second-order valence-electron chi connectivity index (χ2n) is 1.68. The van der Waals surface area contributed by atoms with E-state index in [0.717, 1.165) is 0 Å². The van der Waals surface area contributed by atoms with Gasteiger partial charge in [-0.25, -0.2) is 19.4 Å². The smallest absolute Gasteiger partial charge is 0.247 e. The molecule has 0 saturated carbocycles. The molecule has 0 amide bonds. The molecule has 0 heterocycles. The monoisotopic (exact) mass is 186 g/mol. The lowest BCUT2D eigenvalue weighted by Gasteiger charge is -2.03. The SMILES string of the molecule is CCC(=O)OOC(=O)C(F)(F)F. The Morgan fingerprint density at radius 3 is 2.08 bits per heavy atom. The fourth-order valence-electron chi connectivity index (χ4n) is 0.190. The van der Waals surface area contributed by atoms with Gasteiger partial charge in [0.1, 0.15) is 0 Å². The predicted molar refractivity (Wildman–Crippen MR) is 28.5 cm³/mol. The van der Waals surface area contributed by atoms with Crippen LogP contribution in [0.4, 0.5) is 13.2 Å². The van der Waals surface area contributed by atoms with Crippen LogP contribution in [0.3, 0.4) is 0 Å². The van der Waals surface area contributed by atoms with Crippen LogP contribution >= 0.6 is 0 Å². The van der Waals surface area contributed by atoms with Crippen LogP contribution in [0.25, 0.3) is 0 Å². The minimum atomic E-state index is -5.14. The summed E-state index contributed by atoms with van der Waals surface area (Å²) in [5, 5.41) is 0. The van der Waals surface area contributed by atoms with E-state index in [1.165, 1.54) is 6.92 Å². The molecule has 0 unspecified atom stereocenters. The van der Waals surface area contributed by atoms with Gasteiger partial charge < -0.3 is 0 Å². The van der Waals surface area contributed by atoms with E-state index in [0.29, 0.717) is 0 Å². The van der Waals surface area contributed by atoms with E-state index in [1.54, 1.807) is 0 Å². The molecule has 0 spiro atoms. The first-order valence-electron chi connectivity index (χ1n) is 2.86. The first kappa shape index (κ1) is 10.7. The van der Waals surface area contributed by atoms with E-state index < -0.39 is 18.1 Å². The lowest BCUT2D eigenvalue weighted by Crippen LogP contribution is -2.26. The molecular weight excluding hydrogens is 181 g/mol. The number of rotatable bonds is 1. The van der Waals surface area contributed by atoms with E-state index in [9.17, 15) is 22.8 Å². The molecule has 0 aromatic heterocycles. The molecular formula is C5H5F3O4. The Morgan fingerprint density at radius 1 is 1.25 bits per heavy atom. The van der Waals surface area contributed by atoms with Crippen molar-refractivity contribution in [1.82, 2.24) is 0 Å². The number of carbonyl (C=O) groups excluding carboxylic acids is 2. The molecule has 7 heteroatoms. The zero-order valence-corrected chi connectivity index (χ0v) is 5.97. The van der Waals surface area contributed by atoms with Crippen molar-refractivity contribution in [2.24, 2.45) is 0 Å². The second-order valence-corrected chi connectivity index (χ2v) is 1.68. The van der Waals surface area contributed by atoms with Gasteiger partial charge in [0, 0.05) is 6.42 Å². The number of alkyl halides is 3. The van der Waals surface area contributed by atoms with Crippen molar-refractivity contribution in [2.45, 2.75) is 19.5 Å². The Balaban J connectivity index is 3.81. The van der Waals surface area contributed by atoms with Crippen LogP contribution in [0.15, 0.2) is 0 Å². The molecule has 0 aromatic rings. The summed E-state index contributed by atoms with van der Waals surface area (Å²) in [6.45, 7) is 1.34. The van der Waals surface area contributed by atoms with Crippen LogP contribution in [-0.2, 0) is 19.4 Å². The molecule has 0 saturated heterocycles. The van der Waals surface area contributed by atoms with E-state index in [4.69, 9.17) is 0 Å². The molecule has 0 fully saturated rings. The third-order valence-corrected chi connectivity index (χ3v) is 0.730. The molecule has 12 heavy (non-hydrogen) atoms. The van der Waals surface area contributed by atoms with Gasteiger partial charge in [-0.1, -0.05) is 6.92 Å². The topological polar surface area (TPSA) is 52.6 Å². The maximum absolute atomic E-state index is 11.3. The minimum Gasteiger partial charge on any atom is -0.247 e. The Hall–Kier alpha value is -1.27. The van der Waals surface area contributed by atoms with Gasteiger partial charge in [0.05, 0.1) is 0 Å². The largest absolute Gasteiger partial charge is 0.495 e. The van der Waals surface area contributed by atoms with Gasteiger partial charge in [0.15, 0.2) is 0 Å². The van der Waals surface area contributed by atoms with Crippen LogP contribution in [0.1, 0.15) is 13.3 Å². The fourth-order valence-corrected chi connectivity index (χ4v) is 0.190. The lowest BCUT2D eigenvalue weighted by molar-refractivity contribution is -0.285. The average molecular weight is 186 g/mol. The van der Waals surface area contributed by atoms with E-state index >= 15 is 0 Å². The van der Waals surface area contributed by atoms with Crippen molar-refractivity contribution in [3.8, 4) is 0 Å². The molecule has 0 radical (unpaired) electrons. The van der Waals surface area contributed by atoms with Crippen LogP contribution in [0.5, 0.6) is 0 Å². The minimum absolute atomic E-state index is 0.175. The second kappa shape index (κ2) is 3.93. The highest BCUT2D eigenvalue weighted by atomic mass is 19.4. The van der Waals surface area contributed by atoms with Gasteiger partial charge in [0.2, 0.25) is 0 Å². The molecule has 0 atom stereocenters. The molecule has 0 N–H and O–H groups in total. The highest BCUT2D eigenvalue weighted by Crippen LogP contribution is 2.16. The van der Waals surface area contributed by atoms with Gasteiger partial charge in [-0.3, -0.25) is 0 Å². The van der Waals surface area contributed by atoms with Crippen molar-refractivity contribution in [3.05, 3.63) is 0 Å². The number of hydrogen-bond acceptors (Lipinski definition) is 4. The summed E-state index contributed by atoms with van der Waals surface area (Å²) >= 11 is 0. The molecule has 0 aromatic carbocycles. The summed E-state index contributed by atoms with van der Waals surface area (Å²) in [5.41, 5.74) is 0. The first-order valence-corrected chi connectivity index (χ1v) is 2.86. The van der Waals surface area contributed by atoms with Crippen molar-refractivity contribution >= 4 is 11.9 Å². The maximum atomic E-state index is 11.3. The summed E-state index contributed by atoms with van der Waals surface area (Å²) in [7, 11) is 0. The van der Waals surface area contributed by atoms with Crippen LogP contribution in [-0.4, -0.2) is 18.1 Å². The van der Waals surface area contributed by atoms with Gasteiger partial charge in [-0.05, 0) is 0 Å². The highest BCUT2D eigenvalue weighted by Gasteiger charge is 2.43. The molecule has 0 rings (SSSR count). The van der Waals surface area contributed by atoms with Gasteiger partial charge in [-0.15, -0.1) is 0 Å². The van der Waals surface area contributed by atoms with E-state index in [2.05, 4.69) is 9.78 Å². The Morgan fingerprint density at radius 2 is 1.75 bits per heavy atom. The third-order valence-electron chi connectivity index (χ3n) is 0.730. The number of halogens is 3. The average Bonchev–Trinajstić information content (AvgIpc) is 1.97. The standard InChI is InChI=1S/C5H5F3O4/c1-2-3(9)11-12-4(10)5(6,7)8/h2H2,1H3. The summed E-state index contributed by atoms with van der Waals surface area (Å²) in [6, 6.07) is 0. The summed E-state index contributed by atoms with van der Waals surface area (Å²) in [5.74, 6) is -3.60. The maximum Gasteiger partial charge on any atom is 0.495 e. The van der Waals surface area contributed by atoms with E-state index in [1.807, 2.05) is 0 Å². The van der Waals surface area contributed by atoms with Crippen LogP contribution < -0.4 is 0 Å². The van der Waals surface area contributed by atoms with Crippen molar-refractivity contribution in [3.63, 3.8) is 0 Å².